The molecule has 17 heavy (non-hydrogen) atoms. The molecule has 0 aliphatic carbocycles. The number of carboxylic acid groups (broad SMARTS) is 1. The Morgan fingerprint density at radius 3 is 3.00 bits per heavy atom. The van der Waals surface area contributed by atoms with Crippen LogP contribution in [0.2, 0.25) is 0 Å². The standard InChI is InChI=1S/C12H17N3O2/c1-15-5-4-11(8-15)14-7-10-3-2-9(6-13-10)12(16)17/h2-3,6,11,14H,4-5,7-8H2,1H3,(H,16,17). The van der Waals surface area contributed by atoms with Crippen LogP contribution in [0, 0.1) is 0 Å². The monoisotopic (exact) mass is 235 g/mol. The highest BCUT2D eigenvalue weighted by Crippen LogP contribution is 2.07. The average molecular weight is 235 g/mol. The maximum atomic E-state index is 10.7. The number of nitrogens with one attached hydrogen (secondary N) is 1. The van der Waals surface area contributed by atoms with E-state index in [1.807, 2.05) is 0 Å². The van der Waals surface area contributed by atoms with Crippen LogP contribution in [0.15, 0.2) is 18.3 Å². The number of likely N-dealkylation sites (tertiary alicyclic amines) is 1. The highest BCUT2D eigenvalue weighted by molar-refractivity contribution is 5.87. The lowest BCUT2D eigenvalue weighted by molar-refractivity contribution is 0.0696. The normalized spacial score (nSPS) is 20.6. The van der Waals surface area contributed by atoms with Crippen LogP contribution in [0.4, 0.5) is 0 Å². The first kappa shape index (κ1) is 12.0. The number of nitrogens with zero attached hydrogens (tertiary/aromatic N) is 2. The first-order valence-electron chi connectivity index (χ1n) is 5.75. The molecule has 0 amide bonds. The molecule has 2 heterocycles. The third-order valence-corrected chi connectivity index (χ3v) is 3.03. The zero-order valence-corrected chi connectivity index (χ0v) is 9.89. The van der Waals surface area contributed by atoms with E-state index in [1.165, 1.54) is 6.20 Å². The van der Waals surface area contributed by atoms with Gasteiger partial charge in [-0.15, -0.1) is 0 Å². The number of likely N-dealkylation sites (N-methyl/N-ethyl adjacent to an activating group) is 1. The highest BCUT2D eigenvalue weighted by Gasteiger charge is 2.18. The van der Waals surface area contributed by atoms with E-state index in [0.29, 0.717) is 12.6 Å². The van der Waals surface area contributed by atoms with Gasteiger partial charge in [-0.1, -0.05) is 0 Å². The third kappa shape index (κ3) is 3.25. The van der Waals surface area contributed by atoms with E-state index >= 15 is 0 Å². The summed E-state index contributed by atoms with van der Waals surface area (Å²) in [6.45, 7) is 2.88. The van der Waals surface area contributed by atoms with Crippen molar-refractivity contribution >= 4 is 5.97 Å². The minimum absolute atomic E-state index is 0.231. The van der Waals surface area contributed by atoms with E-state index in [-0.39, 0.29) is 5.56 Å². The quantitative estimate of drug-likeness (QED) is 0.799. The smallest absolute Gasteiger partial charge is 0.337 e. The van der Waals surface area contributed by atoms with Crippen molar-refractivity contribution in [3.63, 3.8) is 0 Å². The summed E-state index contributed by atoms with van der Waals surface area (Å²) in [5.74, 6) is -0.936. The summed E-state index contributed by atoms with van der Waals surface area (Å²) in [6, 6.07) is 3.86. The first-order valence-corrected chi connectivity index (χ1v) is 5.75. The summed E-state index contributed by atoms with van der Waals surface area (Å²) in [6.07, 6.45) is 2.56. The summed E-state index contributed by atoms with van der Waals surface area (Å²) in [5.41, 5.74) is 1.11. The molecule has 0 aromatic carbocycles. The number of rotatable bonds is 4. The van der Waals surface area contributed by atoms with Crippen molar-refractivity contribution in [2.75, 3.05) is 20.1 Å². The maximum Gasteiger partial charge on any atom is 0.337 e. The molecule has 5 nitrogen and oxygen atoms in total. The first-order chi connectivity index (χ1) is 8.15. The lowest BCUT2D eigenvalue weighted by Crippen LogP contribution is -2.31. The molecule has 1 fully saturated rings. The summed E-state index contributed by atoms with van der Waals surface area (Å²) in [4.78, 5) is 17.1. The summed E-state index contributed by atoms with van der Waals surface area (Å²) in [5, 5.41) is 12.2. The number of hydrogen-bond donors (Lipinski definition) is 2. The minimum atomic E-state index is -0.936. The number of pyridine rings is 1. The largest absolute Gasteiger partial charge is 0.478 e. The van der Waals surface area contributed by atoms with Gasteiger partial charge in [-0.3, -0.25) is 4.98 Å². The maximum absolute atomic E-state index is 10.7. The van der Waals surface area contributed by atoms with Gasteiger partial charge in [-0.2, -0.15) is 0 Å². The Balaban J connectivity index is 1.85. The highest BCUT2D eigenvalue weighted by atomic mass is 16.4. The Morgan fingerprint density at radius 1 is 1.65 bits per heavy atom. The topological polar surface area (TPSA) is 65.5 Å². The second-order valence-electron chi connectivity index (χ2n) is 4.47. The Hall–Kier alpha value is -1.46. The van der Waals surface area contributed by atoms with E-state index in [0.717, 1.165) is 25.2 Å². The summed E-state index contributed by atoms with van der Waals surface area (Å²) < 4.78 is 0. The average Bonchev–Trinajstić information content (AvgIpc) is 2.73. The second kappa shape index (κ2) is 5.25. The lowest BCUT2D eigenvalue weighted by atomic mass is 10.2. The molecular weight excluding hydrogens is 218 g/mol. The van der Waals surface area contributed by atoms with Crippen molar-refractivity contribution in [3.8, 4) is 0 Å². The van der Waals surface area contributed by atoms with Gasteiger partial charge in [-0.25, -0.2) is 4.79 Å². The molecule has 0 saturated carbocycles. The van der Waals surface area contributed by atoms with Gasteiger partial charge in [0, 0.05) is 25.3 Å². The number of aromatic carboxylic acids is 1. The fourth-order valence-electron chi connectivity index (χ4n) is 2.01. The zero-order valence-electron chi connectivity index (χ0n) is 9.89. The van der Waals surface area contributed by atoms with Gasteiger partial charge in [0.15, 0.2) is 0 Å². The molecule has 0 bridgehead atoms. The predicted octanol–water partition coefficient (Wildman–Crippen LogP) is 0.573. The van der Waals surface area contributed by atoms with Crippen LogP contribution in [0.3, 0.4) is 0 Å². The van der Waals surface area contributed by atoms with Crippen molar-refractivity contribution < 1.29 is 9.90 Å². The van der Waals surface area contributed by atoms with Crippen molar-refractivity contribution in [1.82, 2.24) is 15.2 Å². The van der Waals surface area contributed by atoms with Crippen LogP contribution in [0.5, 0.6) is 0 Å². The van der Waals surface area contributed by atoms with Crippen molar-refractivity contribution in [3.05, 3.63) is 29.6 Å². The molecule has 1 aliphatic heterocycles. The van der Waals surface area contributed by atoms with Gasteiger partial charge >= 0.3 is 5.97 Å². The Labute approximate surface area is 100 Å². The molecule has 2 rings (SSSR count). The van der Waals surface area contributed by atoms with Crippen LogP contribution in [-0.4, -0.2) is 47.1 Å². The van der Waals surface area contributed by atoms with Crippen LogP contribution in [0.25, 0.3) is 0 Å². The summed E-state index contributed by atoms with van der Waals surface area (Å²) >= 11 is 0. The van der Waals surface area contributed by atoms with Gasteiger partial charge in [0.1, 0.15) is 0 Å². The van der Waals surface area contributed by atoms with Crippen LogP contribution in [0.1, 0.15) is 22.5 Å². The molecule has 1 unspecified atom stereocenters. The molecule has 92 valence electrons. The lowest BCUT2D eigenvalue weighted by Gasteiger charge is -2.12. The fraction of sp³-hybridized carbons (Fsp3) is 0.500. The molecule has 1 aromatic rings. The van der Waals surface area contributed by atoms with Gasteiger partial charge < -0.3 is 15.3 Å². The predicted molar refractivity (Wildman–Crippen MR) is 63.9 cm³/mol. The van der Waals surface area contributed by atoms with Crippen molar-refractivity contribution in [2.45, 2.75) is 19.0 Å². The molecule has 5 heteroatoms. The zero-order chi connectivity index (χ0) is 12.3. The van der Waals surface area contributed by atoms with Gasteiger partial charge in [0.05, 0.1) is 11.3 Å². The van der Waals surface area contributed by atoms with Gasteiger partial charge in [0.2, 0.25) is 0 Å². The van der Waals surface area contributed by atoms with Crippen LogP contribution >= 0.6 is 0 Å². The van der Waals surface area contributed by atoms with Crippen LogP contribution in [-0.2, 0) is 6.54 Å². The van der Waals surface area contributed by atoms with E-state index in [9.17, 15) is 4.79 Å². The SMILES string of the molecule is CN1CCC(NCc2ccc(C(=O)O)cn2)C1. The second-order valence-corrected chi connectivity index (χ2v) is 4.47. The van der Waals surface area contributed by atoms with Gasteiger partial charge in [-0.05, 0) is 32.1 Å². The van der Waals surface area contributed by atoms with E-state index in [1.54, 1.807) is 12.1 Å². The fourth-order valence-corrected chi connectivity index (χ4v) is 2.01. The Kier molecular flexibility index (Phi) is 3.71. The molecule has 1 aromatic heterocycles. The van der Waals surface area contributed by atoms with Crippen molar-refractivity contribution in [2.24, 2.45) is 0 Å². The molecule has 1 atom stereocenters. The molecule has 0 spiro atoms. The van der Waals surface area contributed by atoms with Gasteiger partial charge in [0.25, 0.3) is 0 Å². The Morgan fingerprint density at radius 2 is 2.47 bits per heavy atom. The van der Waals surface area contributed by atoms with Crippen molar-refractivity contribution in [1.29, 1.82) is 0 Å². The number of carboxylic acids is 1. The molecule has 2 N–H and O–H groups in total. The molecule has 1 saturated heterocycles. The summed E-state index contributed by atoms with van der Waals surface area (Å²) in [7, 11) is 2.11. The van der Waals surface area contributed by atoms with E-state index < -0.39 is 5.97 Å². The number of hydrogen-bond acceptors (Lipinski definition) is 4. The number of carbonyl (C=O) groups is 1. The van der Waals surface area contributed by atoms with E-state index in [4.69, 9.17) is 5.11 Å². The number of aromatic nitrogens is 1. The van der Waals surface area contributed by atoms with Crippen LogP contribution < -0.4 is 5.32 Å². The minimum Gasteiger partial charge on any atom is -0.478 e. The van der Waals surface area contributed by atoms with E-state index in [2.05, 4.69) is 22.2 Å². The molecular formula is C12H17N3O2. The Bertz CT molecular complexity index is 391. The molecule has 1 aliphatic rings. The third-order valence-electron chi connectivity index (χ3n) is 3.03. The molecule has 0 radical (unpaired) electrons.